The number of nitrogens with one attached hydrogen (secondary N) is 3. The second kappa shape index (κ2) is 9.07. The molecule has 2 fully saturated rings. The number of halogens is 1. The van der Waals surface area contributed by atoms with Gasteiger partial charge in [0.2, 0.25) is 15.9 Å². The van der Waals surface area contributed by atoms with Gasteiger partial charge in [-0.1, -0.05) is 13.8 Å². The van der Waals surface area contributed by atoms with Gasteiger partial charge in [-0.25, -0.2) is 12.8 Å². The highest BCUT2D eigenvalue weighted by Gasteiger charge is 2.34. The fraction of sp³-hybridized carbons (Fsp3) is 0.650. The lowest BCUT2D eigenvalue weighted by Crippen LogP contribution is -2.51. The van der Waals surface area contributed by atoms with E-state index in [2.05, 4.69) is 29.8 Å². The Labute approximate surface area is 172 Å². The molecule has 9 heteroatoms. The standard InChI is InChI=1S/C20H31FN4O3S/c1-15-9-16(2)12-25(11-15)29(27,28)18-5-3-17(4-6-18)24-19(26)10-23-20(13-21)7-8-22-14-20/h3-6,15-16,22-23H,7-14H2,1-2H3,(H,24,26). The Kier molecular flexibility index (Phi) is 6.93. The molecule has 2 saturated heterocycles. The highest BCUT2D eigenvalue weighted by molar-refractivity contribution is 7.89. The lowest BCUT2D eigenvalue weighted by atomic mass is 9.94. The Morgan fingerprint density at radius 1 is 1.24 bits per heavy atom. The molecule has 7 nitrogen and oxygen atoms in total. The van der Waals surface area contributed by atoms with Crippen molar-refractivity contribution >= 4 is 21.6 Å². The summed E-state index contributed by atoms with van der Waals surface area (Å²) in [5, 5.41) is 8.82. The molecule has 1 aromatic rings. The Balaban J connectivity index is 1.59. The number of anilines is 1. The fourth-order valence-corrected chi connectivity index (χ4v) is 5.87. The van der Waals surface area contributed by atoms with Crippen molar-refractivity contribution in [3.05, 3.63) is 24.3 Å². The third-order valence-corrected chi connectivity index (χ3v) is 7.58. The molecule has 2 aliphatic heterocycles. The van der Waals surface area contributed by atoms with Crippen LogP contribution in [0.1, 0.15) is 26.7 Å². The third-order valence-electron chi connectivity index (χ3n) is 5.73. The first-order valence-corrected chi connectivity index (χ1v) is 11.6. The summed E-state index contributed by atoms with van der Waals surface area (Å²) >= 11 is 0. The topological polar surface area (TPSA) is 90.5 Å². The second-order valence-corrected chi connectivity index (χ2v) is 10.5. The molecular weight excluding hydrogens is 395 g/mol. The van der Waals surface area contributed by atoms with E-state index >= 15 is 0 Å². The number of sulfonamides is 1. The minimum atomic E-state index is -3.55. The summed E-state index contributed by atoms with van der Waals surface area (Å²) < 4.78 is 40.7. The average Bonchev–Trinajstić information content (AvgIpc) is 3.16. The predicted molar refractivity (Wildman–Crippen MR) is 111 cm³/mol. The van der Waals surface area contributed by atoms with Crippen LogP contribution in [0.25, 0.3) is 0 Å². The van der Waals surface area contributed by atoms with Crippen molar-refractivity contribution in [2.24, 2.45) is 11.8 Å². The summed E-state index contributed by atoms with van der Waals surface area (Å²) in [6, 6.07) is 6.21. The fourth-order valence-electron chi connectivity index (χ4n) is 4.19. The van der Waals surface area contributed by atoms with E-state index in [1.165, 1.54) is 12.1 Å². The first-order valence-electron chi connectivity index (χ1n) is 10.2. The molecule has 162 valence electrons. The first-order chi connectivity index (χ1) is 13.7. The quantitative estimate of drug-likeness (QED) is 0.616. The zero-order chi connectivity index (χ0) is 21.1. The summed E-state index contributed by atoms with van der Waals surface area (Å²) in [7, 11) is -3.55. The van der Waals surface area contributed by atoms with Gasteiger partial charge in [0.25, 0.3) is 0 Å². The number of nitrogens with zero attached hydrogens (tertiary/aromatic N) is 1. The minimum absolute atomic E-state index is 0.00476. The highest BCUT2D eigenvalue weighted by Crippen LogP contribution is 2.27. The molecule has 0 spiro atoms. The van der Waals surface area contributed by atoms with Gasteiger partial charge < -0.3 is 10.6 Å². The van der Waals surface area contributed by atoms with Crippen molar-refractivity contribution in [2.75, 3.05) is 44.7 Å². The van der Waals surface area contributed by atoms with Crippen LogP contribution in [-0.4, -0.2) is 63.6 Å². The van der Waals surface area contributed by atoms with E-state index in [-0.39, 0.29) is 17.3 Å². The summed E-state index contributed by atoms with van der Waals surface area (Å²) in [5.74, 6) is 0.378. The van der Waals surface area contributed by atoms with Crippen molar-refractivity contribution in [2.45, 2.75) is 37.1 Å². The van der Waals surface area contributed by atoms with Gasteiger partial charge in [0.1, 0.15) is 6.67 Å². The lowest BCUT2D eigenvalue weighted by molar-refractivity contribution is -0.115. The largest absolute Gasteiger partial charge is 0.325 e. The van der Waals surface area contributed by atoms with E-state index in [1.54, 1.807) is 16.4 Å². The van der Waals surface area contributed by atoms with E-state index in [9.17, 15) is 17.6 Å². The average molecular weight is 427 g/mol. The molecule has 0 bridgehead atoms. The number of hydrogen-bond donors (Lipinski definition) is 3. The molecule has 3 atom stereocenters. The van der Waals surface area contributed by atoms with Crippen molar-refractivity contribution in [3.8, 4) is 0 Å². The molecule has 0 saturated carbocycles. The van der Waals surface area contributed by atoms with Gasteiger partial charge >= 0.3 is 0 Å². The van der Waals surface area contributed by atoms with Crippen LogP contribution >= 0.6 is 0 Å². The molecule has 0 radical (unpaired) electrons. The predicted octanol–water partition coefficient (Wildman–Crippen LogP) is 1.58. The molecule has 3 rings (SSSR count). The van der Waals surface area contributed by atoms with Crippen molar-refractivity contribution in [1.82, 2.24) is 14.9 Å². The van der Waals surface area contributed by atoms with Crippen LogP contribution in [0.3, 0.4) is 0 Å². The highest BCUT2D eigenvalue weighted by atomic mass is 32.2. The van der Waals surface area contributed by atoms with Gasteiger partial charge in [-0.05, 0) is 55.5 Å². The number of carbonyl (C=O) groups is 1. The number of piperidine rings is 1. The monoisotopic (exact) mass is 426 g/mol. The van der Waals surface area contributed by atoms with Crippen molar-refractivity contribution in [1.29, 1.82) is 0 Å². The number of alkyl halides is 1. The number of amides is 1. The zero-order valence-electron chi connectivity index (χ0n) is 17.1. The molecule has 29 heavy (non-hydrogen) atoms. The summed E-state index contributed by atoms with van der Waals surface area (Å²) in [6.45, 7) is 5.88. The van der Waals surface area contributed by atoms with Gasteiger partial charge in [0.05, 0.1) is 17.0 Å². The van der Waals surface area contributed by atoms with Gasteiger partial charge in [-0.3, -0.25) is 10.1 Å². The maximum absolute atomic E-state index is 13.3. The van der Waals surface area contributed by atoms with Crippen LogP contribution < -0.4 is 16.0 Å². The van der Waals surface area contributed by atoms with Crippen molar-refractivity contribution in [3.63, 3.8) is 0 Å². The minimum Gasteiger partial charge on any atom is -0.325 e. The molecule has 2 heterocycles. The SMILES string of the molecule is CC1CC(C)CN(S(=O)(=O)c2ccc(NC(=O)CNC3(CF)CCNC3)cc2)C1. The zero-order valence-corrected chi connectivity index (χ0v) is 17.9. The number of hydrogen-bond acceptors (Lipinski definition) is 5. The molecular formula is C20H31FN4O3S. The summed E-state index contributed by atoms with van der Waals surface area (Å²) in [5.41, 5.74) is -0.173. The molecule has 0 aromatic heterocycles. The number of rotatable bonds is 7. The Morgan fingerprint density at radius 3 is 2.45 bits per heavy atom. The maximum atomic E-state index is 13.3. The van der Waals surface area contributed by atoms with E-state index in [0.717, 1.165) is 13.0 Å². The maximum Gasteiger partial charge on any atom is 0.243 e. The number of carbonyl (C=O) groups excluding carboxylic acids is 1. The Bertz CT molecular complexity index is 800. The van der Waals surface area contributed by atoms with Crippen LogP contribution in [0.2, 0.25) is 0 Å². The Morgan fingerprint density at radius 2 is 1.90 bits per heavy atom. The number of benzene rings is 1. The molecule has 2 aliphatic rings. The molecule has 0 aliphatic carbocycles. The molecule has 3 unspecified atom stereocenters. The van der Waals surface area contributed by atoms with Crippen LogP contribution in [0.4, 0.5) is 10.1 Å². The summed E-state index contributed by atoms with van der Waals surface area (Å²) in [6.07, 6.45) is 1.67. The van der Waals surface area contributed by atoms with Crippen molar-refractivity contribution < 1.29 is 17.6 Å². The van der Waals surface area contributed by atoms with E-state index in [0.29, 0.717) is 43.6 Å². The van der Waals surface area contributed by atoms with Gasteiger partial charge in [0, 0.05) is 25.3 Å². The molecule has 3 N–H and O–H groups in total. The molecule has 1 amide bonds. The second-order valence-electron chi connectivity index (χ2n) is 8.53. The summed E-state index contributed by atoms with van der Waals surface area (Å²) in [4.78, 5) is 12.4. The Hall–Kier alpha value is -1.55. The molecule has 1 aromatic carbocycles. The third kappa shape index (κ3) is 5.33. The van der Waals surface area contributed by atoms with Gasteiger partial charge in [-0.2, -0.15) is 4.31 Å². The van der Waals surface area contributed by atoms with Gasteiger partial charge in [0.15, 0.2) is 0 Å². The van der Waals surface area contributed by atoms with Gasteiger partial charge in [-0.15, -0.1) is 0 Å². The van der Waals surface area contributed by atoms with E-state index in [1.807, 2.05) is 0 Å². The lowest BCUT2D eigenvalue weighted by Gasteiger charge is -2.34. The van der Waals surface area contributed by atoms with Crippen LogP contribution in [0.5, 0.6) is 0 Å². The van der Waals surface area contributed by atoms with E-state index < -0.39 is 22.2 Å². The first kappa shape index (κ1) is 22.1. The van der Waals surface area contributed by atoms with E-state index in [4.69, 9.17) is 0 Å². The normalized spacial score (nSPS) is 28.4. The van der Waals surface area contributed by atoms with Crippen LogP contribution in [0.15, 0.2) is 29.2 Å². The smallest absolute Gasteiger partial charge is 0.243 e. The van der Waals surface area contributed by atoms with Crippen LogP contribution in [0, 0.1) is 11.8 Å². The van der Waals surface area contributed by atoms with Crippen LogP contribution in [-0.2, 0) is 14.8 Å².